The summed E-state index contributed by atoms with van der Waals surface area (Å²) >= 11 is 0. The van der Waals surface area contributed by atoms with Crippen molar-refractivity contribution >= 4 is 21.6 Å². The molecule has 0 saturated carbocycles. The van der Waals surface area contributed by atoms with Gasteiger partial charge in [0, 0.05) is 11.6 Å². The van der Waals surface area contributed by atoms with E-state index in [-0.39, 0.29) is 18.5 Å². The van der Waals surface area contributed by atoms with E-state index in [2.05, 4.69) is 17.4 Å². The highest BCUT2D eigenvalue weighted by Gasteiger charge is 2.18. The molecule has 0 bridgehead atoms. The van der Waals surface area contributed by atoms with E-state index >= 15 is 0 Å². The minimum atomic E-state index is -3.45. The number of rotatable bonds is 9. The van der Waals surface area contributed by atoms with Gasteiger partial charge in [-0.2, -0.15) is 0 Å². The van der Waals surface area contributed by atoms with Gasteiger partial charge >= 0.3 is 0 Å². The Kier molecular flexibility index (Phi) is 7.70. The molecule has 0 unspecified atom stereocenters. The predicted molar refractivity (Wildman–Crippen MR) is 130 cm³/mol. The molecule has 5 nitrogen and oxygen atoms in total. The second-order valence-electron chi connectivity index (χ2n) is 8.20. The molecule has 0 fully saturated rings. The van der Waals surface area contributed by atoms with Crippen molar-refractivity contribution in [2.75, 3.05) is 10.6 Å². The molecule has 6 heteroatoms. The number of hydrogen-bond donors (Lipinski definition) is 1. The average molecular weight is 451 g/mol. The summed E-state index contributed by atoms with van der Waals surface area (Å²) in [6.45, 7) is 4.14. The molecule has 0 aliphatic carbocycles. The first-order valence-electron chi connectivity index (χ1n) is 10.7. The first kappa shape index (κ1) is 23.5. The molecule has 3 aromatic rings. The smallest absolute Gasteiger partial charge is 0.251 e. The van der Waals surface area contributed by atoms with Gasteiger partial charge in [-0.15, -0.1) is 0 Å². The molecule has 168 valence electrons. The number of sulfonamides is 1. The predicted octanol–water partition coefficient (Wildman–Crippen LogP) is 4.71. The lowest BCUT2D eigenvalue weighted by molar-refractivity contribution is 0.0938. The average Bonchev–Trinajstić information content (AvgIpc) is 2.76. The molecule has 0 radical (unpaired) electrons. The SMILES string of the molecule is Cc1cccc(N(Cc2ccc(C(=O)N[C@@H](C)CCc3ccccc3)cc2)S(C)(=O)=O)c1. The Hall–Kier alpha value is -3.12. The zero-order valence-electron chi connectivity index (χ0n) is 18.8. The van der Waals surface area contributed by atoms with Gasteiger partial charge in [0.25, 0.3) is 5.91 Å². The van der Waals surface area contributed by atoms with Crippen LogP contribution in [0.2, 0.25) is 0 Å². The first-order valence-corrected chi connectivity index (χ1v) is 12.6. The molecule has 32 heavy (non-hydrogen) atoms. The molecular weight excluding hydrogens is 420 g/mol. The molecular formula is C26H30N2O3S. The van der Waals surface area contributed by atoms with Crippen molar-refractivity contribution in [3.63, 3.8) is 0 Å². The highest BCUT2D eigenvalue weighted by Crippen LogP contribution is 2.22. The summed E-state index contributed by atoms with van der Waals surface area (Å²) in [4.78, 5) is 12.6. The van der Waals surface area contributed by atoms with E-state index in [1.807, 2.05) is 50.2 Å². The highest BCUT2D eigenvalue weighted by molar-refractivity contribution is 7.92. The van der Waals surface area contributed by atoms with Crippen LogP contribution in [0.1, 0.15) is 40.4 Å². The van der Waals surface area contributed by atoms with Crippen molar-refractivity contribution in [3.05, 3.63) is 101 Å². The Bertz CT molecular complexity index is 1140. The maximum Gasteiger partial charge on any atom is 0.251 e. The number of nitrogens with zero attached hydrogens (tertiary/aromatic N) is 1. The molecule has 1 N–H and O–H groups in total. The van der Waals surface area contributed by atoms with Gasteiger partial charge in [-0.25, -0.2) is 8.42 Å². The number of aryl methyl sites for hydroxylation is 2. The maximum atomic E-state index is 12.6. The van der Waals surface area contributed by atoms with Crippen LogP contribution in [-0.4, -0.2) is 26.6 Å². The molecule has 0 saturated heterocycles. The topological polar surface area (TPSA) is 66.5 Å². The molecule has 3 aromatic carbocycles. The van der Waals surface area contributed by atoms with E-state index in [1.54, 1.807) is 30.3 Å². The van der Waals surface area contributed by atoms with Crippen LogP contribution >= 0.6 is 0 Å². The summed E-state index contributed by atoms with van der Waals surface area (Å²) in [5, 5.41) is 3.04. The van der Waals surface area contributed by atoms with Crippen molar-refractivity contribution in [1.82, 2.24) is 5.32 Å². The monoisotopic (exact) mass is 450 g/mol. The summed E-state index contributed by atoms with van der Waals surface area (Å²) in [6.07, 6.45) is 2.96. The van der Waals surface area contributed by atoms with Gasteiger partial charge in [0.05, 0.1) is 18.5 Å². The third-order valence-electron chi connectivity index (χ3n) is 5.32. The Morgan fingerprint density at radius 3 is 2.25 bits per heavy atom. The van der Waals surface area contributed by atoms with Crippen LogP contribution in [0, 0.1) is 6.92 Å². The Balaban J connectivity index is 1.62. The summed E-state index contributed by atoms with van der Waals surface area (Å²) in [7, 11) is -3.45. The number of carbonyl (C=O) groups is 1. The van der Waals surface area contributed by atoms with E-state index in [0.717, 1.165) is 24.0 Å². The van der Waals surface area contributed by atoms with Crippen LogP contribution in [0.3, 0.4) is 0 Å². The Labute approximate surface area is 191 Å². The number of anilines is 1. The second kappa shape index (κ2) is 10.5. The third-order valence-corrected chi connectivity index (χ3v) is 6.46. The van der Waals surface area contributed by atoms with Crippen LogP contribution in [-0.2, 0) is 23.0 Å². The van der Waals surface area contributed by atoms with E-state index in [0.29, 0.717) is 11.3 Å². The van der Waals surface area contributed by atoms with Crippen LogP contribution in [0.15, 0.2) is 78.9 Å². The number of nitrogens with one attached hydrogen (secondary N) is 1. The van der Waals surface area contributed by atoms with Crippen molar-refractivity contribution in [3.8, 4) is 0 Å². The van der Waals surface area contributed by atoms with Gasteiger partial charge in [-0.1, -0.05) is 54.6 Å². The Morgan fingerprint density at radius 1 is 0.938 bits per heavy atom. The fourth-order valence-corrected chi connectivity index (χ4v) is 4.40. The normalized spacial score (nSPS) is 12.2. The first-order chi connectivity index (χ1) is 15.2. The maximum absolute atomic E-state index is 12.6. The van der Waals surface area contributed by atoms with Gasteiger partial charge in [-0.3, -0.25) is 9.10 Å². The quantitative estimate of drug-likeness (QED) is 0.513. The van der Waals surface area contributed by atoms with Crippen LogP contribution in [0.5, 0.6) is 0 Å². The minimum Gasteiger partial charge on any atom is -0.350 e. The van der Waals surface area contributed by atoms with Gasteiger partial charge in [0.15, 0.2) is 0 Å². The zero-order valence-corrected chi connectivity index (χ0v) is 19.6. The Morgan fingerprint density at radius 2 is 1.62 bits per heavy atom. The van der Waals surface area contributed by atoms with Crippen LogP contribution in [0.25, 0.3) is 0 Å². The zero-order chi connectivity index (χ0) is 23.1. The van der Waals surface area contributed by atoms with E-state index in [9.17, 15) is 13.2 Å². The number of carbonyl (C=O) groups excluding carboxylic acids is 1. The van der Waals surface area contributed by atoms with Crippen molar-refractivity contribution < 1.29 is 13.2 Å². The summed E-state index contributed by atoms with van der Waals surface area (Å²) in [5.74, 6) is -0.129. The van der Waals surface area contributed by atoms with Gasteiger partial charge < -0.3 is 5.32 Å². The summed E-state index contributed by atoms with van der Waals surface area (Å²) < 4.78 is 26.1. The lowest BCUT2D eigenvalue weighted by Crippen LogP contribution is -2.33. The lowest BCUT2D eigenvalue weighted by atomic mass is 10.1. The van der Waals surface area contributed by atoms with Crippen molar-refractivity contribution in [2.24, 2.45) is 0 Å². The molecule has 1 atom stereocenters. The summed E-state index contributed by atoms with van der Waals surface area (Å²) in [6, 6.07) is 24.7. The van der Waals surface area contributed by atoms with Gasteiger partial charge in [0.1, 0.15) is 0 Å². The number of hydrogen-bond acceptors (Lipinski definition) is 3. The molecule has 3 rings (SSSR count). The molecule has 0 heterocycles. The highest BCUT2D eigenvalue weighted by atomic mass is 32.2. The number of benzene rings is 3. The van der Waals surface area contributed by atoms with Gasteiger partial charge in [0.2, 0.25) is 10.0 Å². The molecule has 1 amide bonds. The minimum absolute atomic E-state index is 0.0458. The fourth-order valence-electron chi connectivity index (χ4n) is 3.52. The summed E-state index contributed by atoms with van der Waals surface area (Å²) in [5.41, 5.74) is 4.24. The van der Waals surface area contributed by atoms with E-state index < -0.39 is 10.0 Å². The van der Waals surface area contributed by atoms with E-state index in [4.69, 9.17) is 0 Å². The largest absolute Gasteiger partial charge is 0.350 e. The van der Waals surface area contributed by atoms with Crippen molar-refractivity contribution in [2.45, 2.75) is 39.3 Å². The molecule has 0 aromatic heterocycles. The van der Waals surface area contributed by atoms with Crippen LogP contribution < -0.4 is 9.62 Å². The molecule has 0 aliphatic rings. The van der Waals surface area contributed by atoms with E-state index in [1.165, 1.54) is 16.1 Å². The fraction of sp³-hybridized carbons (Fsp3) is 0.269. The van der Waals surface area contributed by atoms with Crippen LogP contribution in [0.4, 0.5) is 5.69 Å². The van der Waals surface area contributed by atoms with Crippen molar-refractivity contribution in [1.29, 1.82) is 0 Å². The second-order valence-corrected chi connectivity index (χ2v) is 10.1. The molecule has 0 aliphatic heterocycles. The standard InChI is InChI=1S/C26H30N2O3S/c1-20-8-7-11-25(18-20)28(32(3,30)31)19-23-14-16-24(17-15-23)26(29)27-21(2)12-13-22-9-5-4-6-10-22/h4-11,14-18,21H,12-13,19H2,1-3H3,(H,27,29)/t21-/m0/s1. The van der Waals surface area contributed by atoms with Gasteiger partial charge in [-0.05, 0) is 67.6 Å². The molecule has 0 spiro atoms. The lowest BCUT2D eigenvalue weighted by Gasteiger charge is -2.23. The number of amides is 1. The third kappa shape index (κ3) is 6.69.